The maximum atomic E-state index is 2.46. The van der Waals surface area contributed by atoms with Gasteiger partial charge >= 0.3 is 26.2 Å². The minimum atomic E-state index is 0. The molecule has 0 fully saturated rings. The second kappa shape index (κ2) is 14.8. The first-order valence-electron chi connectivity index (χ1n) is 11.1. The minimum Gasteiger partial charge on any atom is -1.00 e. The molecule has 0 nitrogen and oxygen atoms in total. The zero-order valence-corrected chi connectivity index (χ0v) is 23.9. The van der Waals surface area contributed by atoms with E-state index in [4.69, 9.17) is 0 Å². The molecule has 4 aliphatic rings. The van der Waals surface area contributed by atoms with Crippen LogP contribution in [0.2, 0.25) is 13.1 Å². The molecule has 2 radical (unpaired) electrons. The van der Waals surface area contributed by atoms with Gasteiger partial charge in [-0.15, -0.1) is 12.2 Å². The van der Waals surface area contributed by atoms with Gasteiger partial charge in [-0.2, -0.15) is 24.7 Å². The Balaban J connectivity index is 0.000000264. The van der Waals surface area contributed by atoms with Gasteiger partial charge in [0.15, 0.2) is 0 Å². The number of hydrogen-bond donors (Lipinski definition) is 0. The van der Waals surface area contributed by atoms with Crippen molar-refractivity contribution in [2.45, 2.75) is 50.6 Å². The van der Waals surface area contributed by atoms with Gasteiger partial charge in [-0.25, -0.2) is 0 Å². The third-order valence-corrected chi connectivity index (χ3v) is 6.50. The van der Waals surface area contributed by atoms with Gasteiger partial charge in [-0.3, -0.25) is 0 Å². The quantitative estimate of drug-likeness (QED) is 0.257. The van der Waals surface area contributed by atoms with Crippen molar-refractivity contribution in [2.75, 3.05) is 0 Å². The van der Waals surface area contributed by atoms with Gasteiger partial charge in [0, 0.05) is 9.52 Å². The van der Waals surface area contributed by atoms with E-state index in [0.29, 0.717) is 11.8 Å². The van der Waals surface area contributed by atoms with Gasteiger partial charge < -0.3 is 37.7 Å². The van der Waals surface area contributed by atoms with Crippen LogP contribution in [0.15, 0.2) is 72.8 Å². The molecule has 4 heteroatoms. The Morgan fingerprint density at radius 2 is 1.06 bits per heavy atom. The Morgan fingerprint density at radius 3 is 1.47 bits per heavy atom. The van der Waals surface area contributed by atoms with Crippen molar-refractivity contribution in [1.82, 2.24) is 0 Å². The Kier molecular flexibility index (Phi) is 13.7. The SMILES string of the molecule is C1=CC2c3ccccc3CC2[CH-]C1.C1=CC2c3ccccc3CC2[CH-]C1.C[Si]C.[Cl-].[Cl-].[Zr+4]. The molecule has 4 atom stereocenters. The molecular formula is C28H32Cl2SiZr. The predicted molar refractivity (Wildman–Crippen MR) is 126 cm³/mol. The number of rotatable bonds is 0. The second-order valence-corrected chi connectivity index (χ2v) is 9.48. The Bertz CT molecular complexity index is 808. The third-order valence-electron chi connectivity index (χ3n) is 6.50. The standard InChI is InChI=1S/2C13H13.C2H6Si.2ClH.Zr/c2*1-3-7-12-10(5-1)9-11-6-2-4-8-13(11)12;1-3-2;;;/h2*1,3-8,11,13H,2,9H2;1-2H3;2*1H;/q2*-1;;;;+4/p-2. The van der Waals surface area contributed by atoms with E-state index in [0.717, 1.165) is 34.2 Å². The molecule has 4 aliphatic carbocycles. The largest absolute Gasteiger partial charge is 4.00 e. The van der Waals surface area contributed by atoms with Crippen molar-refractivity contribution >= 4 is 9.52 Å². The number of hydrogen-bond acceptors (Lipinski definition) is 0. The third kappa shape index (κ3) is 6.82. The maximum Gasteiger partial charge on any atom is 4.00 e. The summed E-state index contributed by atoms with van der Waals surface area (Å²) in [5, 5.41) is 0. The smallest absolute Gasteiger partial charge is 1.00 e. The van der Waals surface area contributed by atoms with E-state index in [2.05, 4.69) is 98.8 Å². The van der Waals surface area contributed by atoms with Crippen molar-refractivity contribution in [3.8, 4) is 0 Å². The first-order valence-corrected chi connectivity index (χ1v) is 13.1. The predicted octanol–water partition coefficient (Wildman–Crippen LogP) is 1.01. The summed E-state index contributed by atoms with van der Waals surface area (Å²) in [5.41, 5.74) is 6.22. The molecule has 0 saturated heterocycles. The Labute approximate surface area is 229 Å². The van der Waals surface area contributed by atoms with E-state index >= 15 is 0 Å². The summed E-state index contributed by atoms with van der Waals surface area (Å²) in [6, 6.07) is 17.7. The molecule has 4 unspecified atom stereocenters. The zero-order valence-electron chi connectivity index (χ0n) is 19.0. The van der Waals surface area contributed by atoms with Gasteiger partial charge in [0.2, 0.25) is 0 Å². The van der Waals surface area contributed by atoms with Crippen LogP contribution in [0, 0.1) is 24.7 Å². The van der Waals surface area contributed by atoms with E-state index in [9.17, 15) is 0 Å². The van der Waals surface area contributed by atoms with Crippen LogP contribution in [0.25, 0.3) is 0 Å². The molecule has 0 aromatic heterocycles. The minimum absolute atomic E-state index is 0. The van der Waals surface area contributed by atoms with Crippen molar-refractivity contribution in [2.24, 2.45) is 11.8 Å². The van der Waals surface area contributed by atoms with E-state index in [1.165, 1.54) is 12.8 Å². The average Bonchev–Trinajstić information content (AvgIpc) is 3.33. The number of fused-ring (bicyclic) bond motifs is 6. The summed E-state index contributed by atoms with van der Waals surface area (Å²) in [5.74, 6) is 2.93. The molecule has 6 rings (SSSR count). The summed E-state index contributed by atoms with van der Waals surface area (Å²) in [7, 11) is 1.08. The summed E-state index contributed by atoms with van der Waals surface area (Å²) >= 11 is 0. The van der Waals surface area contributed by atoms with Crippen LogP contribution in [-0.2, 0) is 39.0 Å². The van der Waals surface area contributed by atoms with Crippen LogP contribution in [0.4, 0.5) is 0 Å². The molecule has 0 bridgehead atoms. The summed E-state index contributed by atoms with van der Waals surface area (Å²) in [4.78, 5) is 0. The molecule has 166 valence electrons. The van der Waals surface area contributed by atoms with Crippen molar-refractivity contribution < 1.29 is 51.0 Å². The van der Waals surface area contributed by atoms with E-state index in [1.54, 1.807) is 22.3 Å². The molecule has 2 aromatic carbocycles. The number of allylic oxidation sites excluding steroid dienone is 4. The van der Waals surface area contributed by atoms with Gasteiger partial charge in [-0.1, -0.05) is 86.6 Å². The molecule has 0 amide bonds. The van der Waals surface area contributed by atoms with Crippen LogP contribution in [-0.4, -0.2) is 9.52 Å². The topological polar surface area (TPSA) is 0 Å². The fraction of sp³-hybridized carbons (Fsp3) is 0.357. The van der Waals surface area contributed by atoms with Crippen LogP contribution < -0.4 is 24.8 Å². The molecule has 0 saturated carbocycles. The van der Waals surface area contributed by atoms with Crippen molar-refractivity contribution in [3.63, 3.8) is 0 Å². The summed E-state index contributed by atoms with van der Waals surface area (Å²) in [6.07, 6.45) is 19.1. The molecular weight excluding hydrogens is 527 g/mol. The van der Waals surface area contributed by atoms with Gasteiger partial charge in [0.25, 0.3) is 0 Å². The molecule has 0 heterocycles. The maximum absolute atomic E-state index is 2.46. The normalized spacial score (nSPS) is 24.8. The number of halogens is 2. The first kappa shape index (κ1) is 29.6. The van der Waals surface area contributed by atoms with Crippen molar-refractivity contribution in [1.29, 1.82) is 0 Å². The fourth-order valence-electron chi connectivity index (χ4n) is 5.22. The van der Waals surface area contributed by atoms with E-state index in [1.807, 2.05) is 0 Å². The van der Waals surface area contributed by atoms with Gasteiger partial charge in [0.05, 0.1) is 0 Å². The van der Waals surface area contributed by atoms with E-state index in [-0.39, 0.29) is 51.0 Å². The van der Waals surface area contributed by atoms with Gasteiger partial charge in [-0.05, 0) is 34.1 Å². The van der Waals surface area contributed by atoms with Crippen LogP contribution in [0.1, 0.15) is 46.9 Å². The molecule has 0 aliphatic heterocycles. The Morgan fingerprint density at radius 1 is 0.688 bits per heavy atom. The Hall–Kier alpha value is -0.400. The summed E-state index contributed by atoms with van der Waals surface area (Å²) in [6.45, 7) is 4.31. The zero-order chi connectivity index (χ0) is 20.1. The van der Waals surface area contributed by atoms with Crippen molar-refractivity contribution in [3.05, 3.63) is 108 Å². The van der Waals surface area contributed by atoms with Crippen LogP contribution >= 0.6 is 0 Å². The first-order chi connectivity index (χ1) is 14.3. The van der Waals surface area contributed by atoms with E-state index < -0.39 is 0 Å². The van der Waals surface area contributed by atoms with Crippen LogP contribution in [0.5, 0.6) is 0 Å². The monoisotopic (exact) mass is 556 g/mol. The molecule has 32 heavy (non-hydrogen) atoms. The van der Waals surface area contributed by atoms with Crippen LogP contribution in [0.3, 0.4) is 0 Å². The number of benzene rings is 2. The fourth-order valence-corrected chi connectivity index (χ4v) is 5.22. The molecule has 0 spiro atoms. The summed E-state index contributed by atoms with van der Waals surface area (Å²) < 4.78 is 0. The van der Waals surface area contributed by atoms with Gasteiger partial charge in [0.1, 0.15) is 0 Å². The second-order valence-electron chi connectivity index (χ2n) is 8.48. The molecule has 0 N–H and O–H groups in total. The molecule has 2 aromatic rings. The average molecular weight is 559 g/mol.